The van der Waals surface area contributed by atoms with E-state index in [2.05, 4.69) is 10.5 Å². The second-order valence-corrected chi connectivity index (χ2v) is 5.01. The van der Waals surface area contributed by atoms with Crippen LogP contribution in [0.15, 0.2) is 28.1 Å². The highest BCUT2D eigenvalue weighted by Crippen LogP contribution is 2.25. The number of amides is 1. The summed E-state index contributed by atoms with van der Waals surface area (Å²) in [5.74, 6) is 0.304. The number of nitrogens with zero attached hydrogens (tertiary/aromatic N) is 2. The van der Waals surface area contributed by atoms with Gasteiger partial charge in [-0.05, 0) is 24.5 Å². The van der Waals surface area contributed by atoms with Gasteiger partial charge in [0.1, 0.15) is 5.69 Å². The topological polar surface area (TPSA) is 58.4 Å². The van der Waals surface area contributed by atoms with Gasteiger partial charge in [0, 0.05) is 6.07 Å². The first kappa shape index (κ1) is 13.8. The number of hydrogen-bond donors (Lipinski definition) is 1. The van der Waals surface area contributed by atoms with Crippen LogP contribution in [0.4, 0.5) is 5.88 Å². The largest absolute Gasteiger partial charge is 0.338 e. The zero-order valence-corrected chi connectivity index (χ0v) is 11.9. The Hall–Kier alpha value is -1.66. The van der Waals surface area contributed by atoms with Gasteiger partial charge in [0.2, 0.25) is 11.8 Å². The number of rotatable bonds is 6. The van der Waals surface area contributed by atoms with Crippen molar-refractivity contribution < 1.29 is 9.32 Å². The lowest BCUT2D eigenvalue weighted by Crippen LogP contribution is -2.32. The SMILES string of the molecule is CCN(CC)CC(=O)Nc1cc(-c2cccs2)no1. The maximum Gasteiger partial charge on any atom is 0.240 e. The van der Waals surface area contributed by atoms with E-state index in [0.29, 0.717) is 12.4 Å². The highest BCUT2D eigenvalue weighted by Gasteiger charge is 2.12. The first-order valence-corrected chi connectivity index (χ1v) is 7.13. The molecule has 0 fully saturated rings. The standard InChI is InChI=1S/C13H17N3O2S/c1-3-16(4-2)9-12(17)14-13-8-10(15-18-13)11-6-5-7-19-11/h5-8H,3-4,9H2,1-2H3,(H,14,17). The zero-order chi connectivity index (χ0) is 13.7. The molecule has 5 nitrogen and oxygen atoms in total. The zero-order valence-electron chi connectivity index (χ0n) is 11.0. The second-order valence-electron chi connectivity index (χ2n) is 4.06. The van der Waals surface area contributed by atoms with E-state index < -0.39 is 0 Å². The van der Waals surface area contributed by atoms with Crippen molar-refractivity contribution in [3.8, 4) is 10.6 Å². The summed E-state index contributed by atoms with van der Waals surface area (Å²) < 4.78 is 5.11. The number of likely N-dealkylation sites (N-methyl/N-ethyl adjacent to an activating group) is 1. The molecule has 0 aliphatic rings. The maximum atomic E-state index is 11.8. The van der Waals surface area contributed by atoms with E-state index in [1.807, 2.05) is 36.3 Å². The van der Waals surface area contributed by atoms with Crippen LogP contribution in [0, 0.1) is 0 Å². The van der Waals surface area contributed by atoms with Gasteiger partial charge in [0.15, 0.2) is 0 Å². The monoisotopic (exact) mass is 279 g/mol. The van der Waals surface area contributed by atoms with Crippen LogP contribution in [0.2, 0.25) is 0 Å². The number of carbonyl (C=O) groups is 1. The van der Waals surface area contributed by atoms with Crippen LogP contribution in [0.1, 0.15) is 13.8 Å². The fourth-order valence-electron chi connectivity index (χ4n) is 1.70. The van der Waals surface area contributed by atoms with E-state index in [-0.39, 0.29) is 5.91 Å². The molecule has 2 heterocycles. The summed E-state index contributed by atoms with van der Waals surface area (Å²) in [4.78, 5) is 14.9. The third-order valence-electron chi connectivity index (χ3n) is 2.81. The van der Waals surface area contributed by atoms with Gasteiger partial charge >= 0.3 is 0 Å². The number of hydrogen-bond acceptors (Lipinski definition) is 5. The molecule has 6 heteroatoms. The molecule has 19 heavy (non-hydrogen) atoms. The fourth-order valence-corrected chi connectivity index (χ4v) is 2.38. The van der Waals surface area contributed by atoms with E-state index in [9.17, 15) is 4.79 Å². The van der Waals surface area contributed by atoms with Crippen molar-refractivity contribution in [2.45, 2.75) is 13.8 Å². The van der Waals surface area contributed by atoms with Crippen molar-refractivity contribution in [3.05, 3.63) is 23.6 Å². The number of anilines is 1. The Bertz CT molecular complexity index is 518. The lowest BCUT2D eigenvalue weighted by atomic mass is 10.3. The van der Waals surface area contributed by atoms with Crippen LogP contribution in [0.25, 0.3) is 10.6 Å². The Morgan fingerprint density at radius 2 is 2.26 bits per heavy atom. The van der Waals surface area contributed by atoms with Gasteiger partial charge in [-0.15, -0.1) is 11.3 Å². The van der Waals surface area contributed by atoms with E-state index >= 15 is 0 Å². The van der Waals surface area contributed by atoms with Crippen molar-refractivity contribution in [2.24, 2.45) is 0 Å². The molecule has 0 saturated carbocycles. The molecule has 102 valence electrons. The lowest BCUT2D eigenvalue weighted by Gasteiger charge is -2.16. The smallest absolute Gasteiger partial charge is 0.240 e. The minimum atomic E-state index is -0.0856. The van der Waals surface area contributed by atoms with Gasteiger partial charge in [-0.1, -0.05) is 25.1 Å². The Morgan fingerprint density at radius 3 is 2.89 bits per heavy atom. The normalized spacial score (nSPS) is 10.9. The molecule has 1 amide bonds. The van der Waals surface area contributed by atoms with Crippen LogP contribution < -0.4 is 5.32 Å². The van der Waals surface area contributed by atoms with Crippen LogP contribution in [-0.2, 0) is 4.79 Å². The van der Waals surface area contributed by atoms with Crippen molar-refractivity contribution in [1.29, 1.82) is 0 Å². The maximum absolute atomic E-state index is 11.8. The first-order chi connectivity index (χ1) is 9.22. The molecule has 2 aromatic heterocycles. The minimum absolute atomic E-state index is 0.0856. The van der Waals surface area contributed by atoms with Crippen molar-refractivity contribution in [2.75, 3.05) is 25.0 Å². The highest BCUT2D eigenvalue weighted by atomic mass is 32.1. The summed E-state index contributed by atoms with van der Waals surface area (Å²) in [5.41, 5.74) is 0.744. The van der Waals surface area contributed by atoms with Crippen LogP contribution in [0.3, 0.4) is 0 Å². The lowest BCUT2D eigenvalue weighted by molar-refractivity contribution is -0.117. The van der Waals surface area contributed by atoms with Crippen molar-refractivity contribution >= 4 is 23.1 Å². The van der Waals surface area contributed by atoms with Crippen LogP contribution >= 0.6 is 11.3 Å². The van der Waals surface area contributed by atoms with Gasteiger partial charge < -0.3 is 4.52 Å². The molecule has 0 bridgehead atoms. The quantitative estimate of drug-likeness (QED) is 0.883. The predicted octanol–water partition coefficient (Wildman–Crippen LogP) is 2.68. The molecule has 0 spiro atoms. The second kappa shape index (κ2) is 6.49. The average molecular weight is 279 g/mol. The van der Waals surface area contributed by atoms with Gasteiger partial charge in [0.25, 0.3) is 0 Å². The number of thiophene rings is 1. The Balaban J connectivity index is 1.95. The Kier molecular flexibility index (Phi) is 4.70. The average Bonchev–Trinajstić information content (AvgIpc) is 3.06. The van der Waals surface area contributed by atoms with Crippen LogP contribution in [-0.4, -0.2) is 35.6 Å². The molecule has 0 aromatic carbocycles. The van der Waals surface area contributed by atoms with Crippen molar-refractivity contribution in [3.63, 3.8) is 0 Å². The van der Waals surface area contributed by atoms with Gasteiger partial charge in [-0.3, -0.25) is 15.0 Å². The van der Waals surface area contributed by atoms with E-state index in [1.165, 1.54) is 0 Å². The van der Waals surface area contributed by atoms with Gasteiger partial charge in [-0.25, -0.2) is 0 Å². The van der Waals surface area contributed by atoms with E-state index in [4.69, 9.17) is 4.52 Å². The highest BCUT2D eigenvalue weighted by molar-refractivity contribution is 7.13. The molecular weight excluding hydrogens is 262 g/mol. The third kappa shape index (κ3) is 3.65. The molecule has 0 unspecified atom stereocenters. The number of carbonyl (C=O) groups excluding carboxylic acids is 1. The molecule has 0 saturated heterocycles. The van der Waals surface area contributed by atoms with E-state index in [1.54, 1.807) is 17.4 Å². The summed E-state index contributed by atoms with van der Waals surface area (Å²) in [6.07, 6.45) is 0. The summed E-state index contributed by atoms with van der Waals surface area (Å²) in [7, 11) is 0. The first-order valence-electron chi connectivity index (χ1n) is 6.25. The molecule has 2 rings (SSSR count). The summed E-state index contributed by atoms with van der Waals surface area (Å²) in [5, 5.41) is 8.63. The minimum Gasteiger partial charge on any atom is -0.338 e. The number of aromatic nitrogens is 1. The van der Waals surface area contributed by atoms with E-state index in [0.717, 1.165) is 23.7 Å². The molecule has 0 atom stereocenters. The molecule has 2 aromatic rings. The fraction of sp³-hybridized carbons (Fsp3) is 0.385. The Labute approximate surface area is 116 Å². The van der Waals surface area contributed by atoms with Gasteiger partial charge in [-0.2, -0.15) is 0 Å². The Morgan fingerprint density at radius 1 is 1.47 bits per heavy atom. The summed E-state index contributed by atoms with van der Waals surface area (Å²) >= 11 is 1.58. The van der Waals surface area contributed by atoms with Gasteiger partial charge in [0.05, 0.1) is 11.4 Å². The summed E-state index contributed by atoms with van der Waals surface area (Å²) in [6, 6.07) is 5.66. The third-order valence-corrected chi connectivity index (χ3v) is 3.70. The molecule has 0 aliphatic heterocycles. The number of nitrogens with one attached hydrogen (secondary N) is 1. The molecule has 0 radical (unpaired) electrons. The molecule has 0 aliphatic carbocycles. The predicted molar refractivity (Wildman–Crippen MR) is 76.2 cm³/mol. The summed E-state index contributed by atoms with van der Waals surface area (Å²) in [6.45, 7) is 6.11. The molecule has 1 N–H and O–H groups in total. The van der Waals surface area contributed by atoms with Crippen molar-refractivity contribution in [1.82, 2.24) is 10.1 Å². The molecular formula is C13H17N3O2S. The van der Waals surface area contributed by atoms with Crippen LogP contribution in [0.5, 0.6) is 0 Å².